The zero-order valence-corrected chi connectivity index (χ0v) is 11.0. The smallest absolute Gasteiger partial charge is 0.329 e. The number of carbonyl (C=O) groups excluding carboxylic acids is 1. The lowest BCUT2D eigenvalue weighted by atomic mass is 10.2. The number of carbonyl (C=O) groups is 1. The third-order valence-electron chi connectivity index (χ3n) is 2.12. The van der Waals surface area contributed by atoms with E-state index in [0.717, 1.165) is 24.5 Å². The van der Waals surface area contributed by atoms with Gasteiger partial charge in [-0.3, -0.25) is 0 Å². The molecule has 0 bridgehead atoms. The van der Waals surface area contributed by atoms with E-state index in [-0.39, 0.29) is 5.97 Å². The Morgan fingerprint density at radius 2 is 1.93 bits per heavy atom. The highest BCUT2D eigenvalue weighted by Gasteiger charge is 2.25. The summed E-state index contributed by atoms with van der Waals surface area (Å²) >= 11 is 0. The Hall–Kier alpha value is -0.573. The summed E-state index contributed by atoms with van der Waals surface area (Å²) in [4.78, 5) is 11.5. The van der Waals surface area contributed by atoms with Crippen molar-refractivity contribution >= 4 is 14.0 Å². The molecule has 3 heteroatoms. The maximum atomic E-state index is 11.5. The molecule has 0 aromatic heterocycles. The standard InChI is InChI=1S/C11H22O2Si/c1-6-7-8-9-10(11(12)13-2)14(3,4)5/h9H,6-8H2,1-5H3. The van der Waals surface area contributed by atoms with E-state index in [1.165, 1.54) is 7.11 Å². The van der Waals surface area contributed by atoms with Crippen LogP contribution in [0.15, 0.2) is 11.3 Å². The average molecular weight is 214 g/mol. The molecule has 82 valence electrons. The number of esters is 1. The molecule has 0 aliphatic rings. The molecule has 14 heavy (non-hydrogen) atoms. The lowest BCUT2D eigenvalue weighted by Crippen LogP contribution is -2.30. The third kappa shape index (κ3) is 4.60. The molecule has 0 N–H and O–H groups in total. The number of unbranched alkanes of at least 4 members (excludes halogenated alkanes) is 2. The molecule has 2 nitrogen and oxygen atoms in total. The second-order valence-electron chi connectivity index (χ2n) is 4.50. The molecule has 0 amide bonds. The molecule has 0 spiro atoms. The first-order valence-electron chi connectivity index (χ1n) is 5.22. The van der Waals surface area contributed by atoms with Gasteiger partial charge in [0, 0.05) is 5.20 Å². The molecule has 0 rings (SSSR count). The first kappa shape index (κ1) is 13.4. The number of ether oxygens (including phenoxy) is 1. The van der Waals surface area contributed by atoms with Crippen LogP contribution in [0.25, 0.3) is 0 Å². The van der Waals surface area contributed by atoms with Gasteiger partial charge in [-0.15, -0.1) is 0 Å². The van der Waals surface area contributed by atoms with E-state index >= 15 is 0 Å². The Kier molecular flexibility index (Phi) is 5.77. The molecule has 0 aliphatic heterocycles. The predicted molar refractivity (Wildman–Crippen MR) is 63.0 cm³/mol. The summed E-state index contributed by atoms with van der Waals surface area (Å²) in [5.74, 6) is -0.139. The normalized spacial score (nSPS) is 12.8. The molecule has 0 radical (unpaired) electrons. The lowest BCUT2D eigenvalue weighted by molar-refractivity contribution is -0.135. The summed E-state index contributed by atoms with van der Waals surface area (Å²) in [7, 11) is -0.0796. The number of hydrogen-bond donors (Lipinski definition) is 0. The van der Waals surface area contributed by atoms with E-state index in [1.54, 1.807) is 0 Å². The quantitative estimate of drug-likeness (QED) is 0.304. The lowest BCUT2D eigenvalue weighted by Gasteiger charge is -2.18. The van der Waals surface area contributed by atoms with Crippen molar-refractivity contribution in [1.29, 1.82) is 0 Å². The van der Waals surface area contributed by atoms with E-state index in [4.69, 9.17) is 4.74 Å². The van der Waals surface area contributed by atoms with E-state index < -0.39 is 8.07 Å². The minimum Gasteiger partial charge on any atom is -0.466 e. The van der Waals surface area contributed by atoms with Crippen LogP contribution in [-0.4, -0.2) is 21.2 Å². The maximum absolute atomic E-state index is 11.5. The zero-order valence-electron chi connectivity index (χ0n) is 10.0. The molecule has 0 heterocycles. The van der Waals surface area contributed by atoms with E-state index in [1.807, 2.05) is 0 Å². The van der Waals surface area contributed by atoms with Gasteiger partial charge in [-0.1, -0.05) is 45.5 Å². The molecule has 0 aromatic carbocycles. The number of methoxy groups -OCH3 is 1. The Morgan fingerprint density at radius 3 is 2.29 bits per heavy atom. The molecule has 0 saturated heterocycles. The van der Waals surface area contributed by atoms with Crippen molar-refractivity contribution in [3.8, 4) is 0 Å². The molecule has 0 atom stereocenters. The molecule has 0 aromatic rings. The van der Waals surface area contributed by atoms with Crippen LogP contribution in [0.1, 0.15) is 26.2 Å². The zero-order chi connectivity index (χ0) is 11.2. The van der Waals surface area contributed by atoms with Crippen molar-refractivity contribution in [3.05, 3.63) is 11.3 Å². The first-order chi connectivity index (χ1) is 6.43. The van der Waals surface area contributed by atoms with E-state index in [9.17, 15) is 4.79 Å². The summed E-state index contributed by atoms with van der Waals surface area (Å²) in [5, 5.41) is 0.924. The fraction of sp³-hybridized carbons (Fsp3) is 0.727. The highest BCUT2D eigenvalue weighted by Crippen LogP contribution is 2.17. The molecule has 0 aliphatic carbocycles. The summed E-state index contributed by atoms with van der Waals surface area (Å²) in [6.07, 6.45) is 5.37. The van der Waals surface area contributed by atoms with Gasteiger partial charge in [0.2, 0.25) is 0 Å². The van der Waals surface area contributed by atoms with Crippen molar-refractivity contribution in [2.45, 2.75) is 45.8 Å². The summed E-state index contributed by atoms with van der Waals surface area (Å²) in [5.41, 5.74) is 0. The van der Waals surface area contributed by atoms with Gasteiger partial charge in [0.1, 0.15) is 0 Å². The second kappa shape index (κ2) is 6.01. The van der Waals surface area contributed by atoms with Gasteiger partial charge in [-0.2, -0.15) is 0 Å². The van der Waals surface area contributed by atoms with Gasteiger partial charge in [-0.05, 0) is 6.42 Å². The van der Waals surface area contributed by atoms with Gasteiger partial charge in [0.25, 0.3) is 0 Å². The summed E-state index contributed by atoms with van der Waals surface area (Å²) in [6, 6.07) is 0. The van der Waals surface area contributed by atoms with Crippen LogP contribution in [0.2, 0.25) is 19.6 Å². The minimum atomic E-state index is -1.53. The van der Waals surface area contributed by atoms with Crippen LogP contribution < -0.4 is 0 Å². The van der Waals surface area contributed by atoms with Crippen molar-refractivity contribution in [2.24, 2.45) is 0 Å². The van der Waals surface area contributed by atoms with E-state index in [0.29, 0.717) is 0 Å². The Balaban J connectivity index is 4.56. The molecular formula is C11H22O2Si. The summed E-state index contributed by atoms with van der Waals surface area (Å²) < 4.78 is 4.80. The third-order valence-corrected chi connectivity index (χ3v) is 4.14. The Labute approximate surface area is 88.4 Å². The summed E-state index contributed by atoms with van der Waals surface area (Å²) in [6.45, 7) is 8.66. The fourth-order valence-electron chi connectivity index (χ4n) is 1.26. The largest absolute Gasteiger partial charge is 0.466 e. The van der Waals surface area contributed by atoms with Crippen LogP contribution in [0.5, 0.6) is 0 Å². The van der Waals surface area contributed by atoms with Crippen LogP contribution in [0.3, 0.4) is 0 Å². The SMILES string of the molecule is CCCCC=C(C(=O)OC)[Si](C)(C)C. The molecular weight excluding hydrogens is 192 g/mol. The van der Waals surface area contributed by atoms with Crippen molar-refractivity contribution in [3.63, 3.8) is 0 Å². The van der Waals surface area contributed by atoms with Crippen LogP contribution >= 0.6 is 0 Å². The van der Waals surface area contributed by atoms with Gasteiger partial charge in [0.15, 0.2) is 0 Å². The fourth-order valence-corrected chi connectivity index (χ4v) is 2.73. The van der Waals surface area contributed by atoms with Crippen LogP contribution in [0, 0.1) is 0 Å². The topological polar surface area (TPSA) is 26.3 Å². The maximum Gasteiger partial charge on any atom is 0.329 e. The van der Waals surface area contributed by atoms with Gasteiger partial charge < -0.3 is 4.74 Å². The predicted octanol–water partition coefficient (Wildman–Crippen LogP) is 3.15. The van der Waals surface area contributed by atoms with Crippen molar-refractivity contribution in [2.75, 3.05) is 7.11 Å². The molecule has 0 fully saturated rings. The highest BCUT2D eigenvalue weighted by molar-refractivity contribution is 6.87. The number of rotatable bonds is 5. The minimum absolute atomic E-state index is 0.139. The second-order valence-corrected chi connectivity index (χ2v) is 9.54. The Bertz CT molecular complexity index is 214. The highest BCUT2D eigenvalue weighted by atomic mass is 28.3. The molecule has 0 saturated carbocycles. The Morgan fingerprint density at radius 1 is 1.36 bits per heavy atom. The van der Waals surface area contributed by atoms with Gasteiger partial charge in [-0.25, -0.2) is 4.79 Å². The monoisotopic (exact) mass is 214 g/mol. The average Bonchev–Trinajstić information content (AvgIpc) is 2.09. The first-order valence-corrected chi connectivity index (χ1v) is 8.72. The van der Waals surface area contributed by atoms with Gasteiger partial charge in [0.05, 0.1) is 15.2 Å². The van der Waals surface area contributed by atoms with Gasteiger partial charge >= 0.3 is 5.97 Å². The van der Waals surface area contributed by atoms with E-state index in [2.05, 4.69) is 32.6 Å². The molecule has 0 unspecified atom stereocenters. The van der Waals surface area contributed by atoms with Crippen molar-refractivity contribution in [1.82, 2.24) is 0 Å². The van der Waals surface area contributed by atoms with Crippen molar-refractivity contribution < 1.29 is 9.53 Å². The van der Waals surface area contributed by atoms with Crippen LogP contribution in [-0.2, 0) is 9.53 Å². The van der Waals surface area contributed by atoms with Crippen LogP contribution in [0.4, 0.5) is 0 Å². The number of allylic oxidation sites excluding steroid dienone is 1. The number of hydrogen-bond acceptors (Lipinski definition) is 2.